The highest BCUT2D eigenvalue weighted by Gasteiger charge is 2.25. The van der Waals surface area contributed by atoms with E-state index < -0.39 is 11.4 Å². The molecule has 0 unspecified atom stereocenters. The molecule has 2 rings (SSSR count). The number of benzene rings is 1. The Kier molecular flexibility index (Phi) is 3.83. The van der Waals surface area contributed by atoms with Gasteiger partial charge in [-0.25, -0.2) is 4.39 Å². The molecule has 1 heterocycles. The molecule has 6 heteroatoms. The number of rotatable bonds is 5. The Morgan fingerprint density at radius 3 is 2.60 bits per heavy atom. The first-order chi connectivity index (χ1) is 9.35. The van der Waals surface area contributed by atoms with E-state index in [0.717, 1.165) is 0 Å². The van der Waals surface area contributed by atoms with Crippen molar-refractivity contribution in [2.24, 2.45) is 5.41 Å². The number of hydrogen-bond donors (Lipinski definition) is 1. The van der Waals surface area contributed by atoms with E-state index in [0.29, 0.717) is 23.7 Å². The highest BCUT2D eigenvalue weighted by atomic mass is 19.1. The van der Waals surface area contributed by atoms with Crippen LogP contribution in [0, 0.1) is 11.2 Å². The molecule has 0 fully saturated rings. The molecule has 0 spiro atoms. The molecule has 0 radical (unpaired) electrons. The first-order valence-corrected chi connectivity index (χ1v) is 6.16. The Morgan fingerprint density at radius 1 is 1.35 bits per heavy atom. The maximum atomic E-state index is 12.8. The Balaban J connectivity index is 2.13. The number of hydrogen-bond acceptors (Lipinski definition) is 4. The van der Waals surface area contributed by atoms with E-state index in [4.69, 9.17) is 9.63 Å². The predicted octanol–water partition coefficient (Wildman–Crippen LogP) is 2.92. The maximum absolute atomic E-state index is 12.8. The third kappa shape index (κ3) is 3.63. The molecular weight excluding hydrogens is 263 g/mol. The molecule has 0 aliphatic rings. The van der Waals surface area contributed by atoms with Crippen LogP contribution < -0.4 is 0 Å². The molecular formula is C14H15FN2O3. The van der Waals surface area contributed by atoms with Gasteiger partial charge in [0, 0.05) is 12.0 Å². The molecule has 0 bridgehead atoms. The first-order valence-electron chi connectivity index (χ1n) is 6.16. The molecule has 2 aromatic rings. The Hall–Kier alpha value is -2.24. The molecule has 0 aliphatic heterocycles. The van der Waals surface area contributed by atoms with Crippen LogP contribution in [0.25, 0.3) is 11.4 Å². The second-order valence-electron chi connectivity index (χ2n) is 5.43. The summed E-state index contributed by atoms with van der Waals surface area (Å²) < 4.78 is 18.0. The molecule has 0 saturated heterocycles. The Labute approximate surface area is 115 Å². The third-order valence-electron chi connectivity index (χ3n) is 2.83. The van der Waals surface area contributed by atoms with Crippen LogP contribution in [0.15, 0.2) is 28.8 Å². The van der Waals surface area contributed by atoms with Gasteiger partial charge in [-0.2, -0.15) is 4.98 Å². The van der Waals surface area contributed by atoms with Crippen LogP contribution >= 0.6 is 0 Å². The lowest BCUT2D eigenvalue weighted by Crippen LogP contribution is -2.19. The Morgan fingerprint density at radius 2 is 2.00 bits per heavy atom. The number of carbonyl (C=O) groups is 1. The highest BCUT2D eigenvalue weighted by molar-refractivity contribution is 5.67. The van der Waals surface area contributed by atoms with Gasteiger partial charge in [0.05, 0.1) is 6.42 Å². The van der Waals surface area contributed by atoms with E-state index in [2.05, 4.69) is 10.1 Å². The topological polar surface area (TPSA) is 76.2 Å². The molecule has 1 aromatic carbocycles. The predicted molar refractivity (Wildman–Crippen MR) is 69.4 cm³/mol. The fraction of sp³-hybridized carbons (Fsp3) is 0.357. The van der Waals surface area contributed by atoms with Gasteiger partial charge in [0.2, 0.25) is 11.7 Å². The fourth-order valence-electron chi connectivity index (χ4n) is 1.92. The normalized spacial score (nSPS) is 11.6. The minimum atomic E-state index is -0.867. The summed E-state index contributed by atoms with van der Waals surface area (Å²) in [6.45, 7) is 3.64. The van der Waals surface area contributed by atoms with Crippen LogP contribution in [0.1, 0.15) is 26.2 Å². The van der Waals surface area contributed by atoms with Crippen molar-refractivity contribution in [1.29, 1.82) is 0 Å². The second-order valence-corrected chi connectivity index (χ2v) is 5.43. The van der Waals surface area contributed by atoms with Crippen molar-refractivity contribution in [3.8, 4) is 11.4 Å². The molecule has 5 nitrogen and oxygen atoms in total. The second kappa shape index (κ2) is 5.40. The van der Waals surface area contributed by atoms with Crippen molar-refractivity contribution in [2.45, 2.75) is 26.7 Å². The first kappa shape index (κ1) is 14.2. The summed E-state index contributed by atoms with van der Waals surface area (Å²) in [4.78, 5) is 15.0. The fourth-order valence-corrected chi connectivity index (χ4v) is 1.92. The molecule has 1 aromatic heterocycles. The number of aliphatic carboxylic acids is 1. The van der Waals surface area contributed by atoms with Crippen molar-refractivity contribution < 1.29 is 18.8 Å². The summed E-state index contributed by atoms with van der Waals surface area (Å²) in [5.41, 5.74) is 0.177. The smallest absolute Gasteiger partial charge is 0.303 e. The van der Waals surface area contributed by atoms with Crippen LogP contribution in [0.5, 0.6) is 0 Å². The standard InChI is InChI=1S/C14H15FN2O3/c1-14(2,8-12(18)19)7-11-16-13(17-20-11)9-3-5-10(15)6-4-9/h3-6H,7-8H2,1-2H3,(H,18,19). The minimum Gasteiger partial charge on any atom is -0.481 e. The van der Waals surface area contributed by atoms with Gasteiger partial charge in [-0.3, -0.25) is 4.79 Å². The summed E-state index contributed by atoms with van der Waals surface area (Å²) in [7, 11) is 0. The molecule has 0 amide bonds. The van der Waals surface area contributed by atoms with E-state index in [-0.39, 0.29) is 12.2 Å². The highest BCUT2D eigenvalue weighted by Crippen LogP contribution is 2.26. The lowest BCUT2D eigenvalue weighted by molar-refractivity contribution is -0.139. The van der Waals surface area contributed by atoms with Crippen LogP contribution in [0.3, 0.4) is 0 Å². The molecule has 0 aliphatic carbocycles. The molecule has 20 heavy (non-hydrogen) atoms. The third-order valence-corrected chi connectivity index (χ3v) is 2.83. The van der Waals surface area contributed by atoms with Gasteiger partial charge in [0.1, 0.15) is 5.82 Å². The summed E-state index contributed by atoms with van der Waals surface area (Å²) in [6, 6.07) is 5.76. The molecule has 0 saturated carbocycles. The van der Waals surface area contributed by atoms with E-state index in [9.17, 15) is 9.18 Å². The lowest BCUT2D eigenvalue weighted by Gasteiger charge is -2.19. The van der Waals surface area contributed by atoms with Crippen molar-refractivity contribution in [3.63, 3.8) is 0 Å². The van der Waals surface area contributed by atoms with Crippen molar-refractivity contribution in [3.05, 3.63) is 36.0 Å². The van der Waals surface area contributed by atoms with Gasteiger partial charge < -0.3 is 9.63 Å². The van der Waals surface area contributed by atoms with Gasteiger partial charge in [-0.1, -0.05) is 19.0 Å². The molecule has 0 atom stereocenters. The zero-order valence-corrected chi connectivity index (χ0v) is 11.3. The van der Waals surface area contributed by atoms with Crippen LogP contribution in [-0.2, 0) is 11.2 Å². The lowest BCUT2D eigenvalue weighted by atomic mass is 9.86. The van der Waals surface area contributed by atoms with E-state index in [1.54, 1.807) is 12.1 Å². The van der Waals surface area contributed by atoms with Crippen LogP contribution in [0.2, 0.25) is 0 Å². The average Bonchev–Trinajstić information content (AvgIpc) is 2.75. The number of carboxylic acids is 1. The number of halogens is 1. The summed E-state index contributed by atoms with van der Waals surface area (Å²) in [5, 5.41) is 12.7. The summed E-state index contributed by atoms with van der Waals surface area (Å²) in [5.74, 6) is -0.463. The van der Waals surface area contributed by atoms with Crippen molar-refractivity contribution in [2.75, 3.05) is 0 Å². The van der Waals surface area contributed by atoms with E-state index in [1.807, 2.05) is 13.8 Å². The molecule has 1 N–H and O–H groups in total. The van der Waals surface area contributed by atoms with Gasteiger partial charge in [-0.15, -0.1) is 0 Å². The Bertz CT molecular complexity index is 605. The minimum absolute atomic E-state index is 0.0151. The van der Waals surface area contributed by atoms with Crippen molar-refractivity contribution in [1.82, 2.24) is 10.1 Å². The van der Waals surface area contributed by atoms with Gasteiger partial charge in [0.15, 0.2) is 0 Å². The quantitative estimate of drug-likeness (QED) is 0.910. The molecule has 106 valence electrons. The van der Waals surface area contributed by atoms with Crippen LogP contribution in [-0.4, -0.2) is 21.2 Å². The van der Waals surface area contributed by atoms with Gasteiger partial charge in [0.25, 0.3) is 0 Å². The number of nitrogens with zero attached hydrogens (tertiary/aromatic N) is 2. The number of aromatic nitrogens is 2. The van der Waals surface area contributed by atoms with E-state index >= 15 is 0 Å². The SMILES string of the molecule is CC(C)(CC(=O)O)Cc1nc(-c2ccc(F)cc2)no1. The largest absolute Gasteiger partial charge is 0.481 e. The average molecular weight is 278 g/mol. The summed E-state index contributed by atoms with van der Waals surface area (Å²) in [6.07, 6.45) is 0.384. The monoisotopic (exact) mass is 278 g/mol. The number of carboxylic acid groups (broad SMARTS) is 1. The van der Waals surface area contributed by atoms with Crippen LogP contribution in [0.4, 0.5) is 4.39 Å². The van der Waals surface area contributed by atoms with Gasteiger partial charge in [-0.05, 0) is 29.7 Å². The van der Waals surface area contributed by atoms with E-state index in [1.165, 1.54) is 12.1 Å². The zero-order valence-electron chi connectivity index (χ0n) is 11.3. The maximum Gasteiger partial charge on any atom is 0.303 e. The van der Waals surface area contributed by atoms with Gasteiger partial charge >= 0.3 is 5.97 Å². The summed E-state index contributed by atoms with van der Waals surface area (Å²) >= 11 is 0. The zero-order chi connectivity index (χ0) is 14.8. The van der Waals surface area contributed by atoms with Crippen molar-refractivity contribution >= 4 is 5.97 Å².